The van der Waals surface area contributed by atoms with Crippen LogP contribution >= 0.6 is 0 Å². The van der Waals surface area contributed by atoms with Gasteiger partial charge in [0.05, 0.1) is 10.5 Å². The lowest BCUT2D eigenvalue weighted by molar-refractivity contribution is -0.156. The molecule has 28 heavy (non-hydrogen) atoms. The summed E-state index contributed by atoms with van der Waals surface area (Å²) in [6.45, 7) is 2.31. The first-order valence-corrected chi connectivity index (χ1v) is 11.0. The third-order valence-corrected chi connectivity index (χ3v) is 7.18. The molecule has 0 aliphatic carbocycles. The van der Waals surface area contributed by atoms with Crippen molar-refractivity contribution in [1.29, 1.82) is 0 Å². The molecule has 0 spiro atoms. The van der Waals surface area contributed by atoms with Crippen molar-refractivity contribution in [2.45, 2.75) is 43.6 Å². The summed E-state index contributed by atoms with van der Waals surface area (Å²) in [5.74, 6) is -0.390. The first-order chi connectivity index (χ1) is 13.5. The Kier molecular flexibility index (Phi) is 4.98. The largest absolute Gasteiger partial charge is 0.454 e. The van der Waals surface area contributed by atoms with Gasteiger partial charge in [-0.25, -0.2) is 13.2 Å². The first kappa shape index (κ1) is 18.7. The van der Waals surface area contributed by atoms with Crippen molar-refractivity contribution >= 4 is 16.0 Å². The molecular formula is C22H23NO4S. The fourth-order valence-electron chi connectivity index (χ4n) is 3.80. The molecule has 1 unspecified atom stereocenters. The van der Waals surface area contributed by atoms with Crippen LogP contribution in [-0.4, -0.2) is 31.3 Å². The fourth-order valence-corrected chi connectivity index (χ4v) is 5.38. The lowest BCUT2D eigenvalue weighted by Gasteiger charge is -2.33. The second-order valence-corrected chi connectivity index (χ2v) is 9.13. The number of sulfonamides is 1. The maximum absolute atomic E-state index is 13.1. The lowest BCUT2D eigenvalue weighted by Crippen LogP contribution is -2.41. The van der Waals surface area contributed by atoms with E-state index in [2.05, 4.69) is 0 Å². The van der Waals surface area contributed by atoms with E-state index in [1.165, 1.54) is 9.87 Å². The number of carbonyl (C=O) groups is 1. The van der Waals surface area contributed by atoms with Crippen molar-refractivity contribution in [1.82, 2.24) is 4.31 Å². The molecule has 0 saturated carbocycles. The summed E-state index contributed by atoms with van der Waals surface area (Å²) in [4.78, 5) is 12.4. The molecule has 1 atom stereocenters. The number of aryl methyl sites for hydroxylation is 2. The summed E-state index contributed by atoms with van der Waals surface area (Å²) in [7, 11) is -3.67. The van der Waals surface area contributed by atoms with Gasteiger partial charge in [0, 0.05) is 12.2 Å². The molecule has 2 fully saturated rings. The van der Waals surface area contributed by atoms with Gasteiger partial charge in [0.25, 0.3) is 10.0 Å². The van der Waals surface area contributed by atoms with E-state index in [0.29, 0.717) is 37.1 Å². The minimum absolute atomic E-state index is 0.256. The Bertz CT molecular complexity index is 1010. The summed E-state index contributed by atoms with van der Waals surface area (Å²) in [5, 5.41) is 0. The van der Waals surface area contributed by atoms with Gasteiger partial charge in [-0.2, -0.15) is 0 Å². The molecular weight excluding hydrogens is 374 g/mol. The number of benzene rings is 2. The smallest absolute Gasteiger partial charge is 0.340 e. The van der Waals surface area contributed by atoms with Gasteiger partial charge in [0.2, 0.25) is 0 Å². The van der Waals surface area contributed by atoms with E-state index in [4.69, 9.17) is 4.74 Å². The molecule has 0 radical (unpaired) electrons. The Morgan fingerprint density at radius 1 is 1.07 bits per heavy atom. The minimum Gasteiger partial charge on any atom is -0.454 e. The number of hydrogen-bond donors (Lipinski definition) is 0. The minimum atomic E-state index is -3.67. The maximum Gasteiger partial charge on any atom is 0.340 e. The number of hydrogen-bond acceptors (Lipinski definition) is 4. The van der Waals surface area contributed by atoms with E-state index in [1.54, 1.807) is 24.3 Å². The van der Waals surface area contributed by atoms with Crippen molar-refractivity contribution in [3.05, 3.63) is 77.0 Å². The SMILES string of the molecule is Cc1ccc(S(=O)(=O)N2CCC/C2=C2/C(=O)OC2CCc2ccccc2)cc1. The number of esters is 1. The molecule has 2 aliphatic heterocycles. The van der Waals surface area contributed by atoms with Crippen LogP contribution in [0, 0.1) is 6.92 Å². The predicted molar refractivity (Wildman–Crippen MR) is 106 cm³/mol. The van der Waals surface area contributed by atoms with Crippen LogP contribution in [0.1, 0.15) is 30.4 Å². The molecule has 4 rings (SSSR count). The Morgan fingerprint density at radius 3 is 2.46 bits per heavy atom. The Labute approximate surface area is 165 Å². The van der Waals surface area contributed by atoms with Crippen LogP contribution in [0.15, 0.2) is 70.8 Å². The van der Waals surface area contributed by atoms with E-state index in [1.807, 2.05) is 37.3 Å². The fraction of sp³-hybridized carbons (Fsp3) is 0.318. The highest BCUT2D eigenvalue weighted by molar-refractivity contribution is 7.89. The summed E-state index contributed by atoms with van der Waals surface area (Å²) >= 11 is 0. The maximum atomic E-state index is 13.1. The van der Waals surface area contributed by atoms with Crippen molar-refractivity contribution in [3.63, 3.8) is 0 Å². The standard InChI is InChI=1S/C22H23NO4S/c1-16-9-12-18(13-10-16)28(25,26)23-15-5-8-19(23)21-20(27-22(21)24)14-11-17-6-3-2-4-7-17/h2-4,6-7,9-10,12-13,20H,5,8,11,14-15H2,1H3/b21-19-. The van der Waals surface area contributed by atoms with Crippen molar-refractivity contribution in [2.24, 2.45) is 0 Å². The highest BCUT2D eigenvalue weighted by Gasteiger charge is 2.43. The lowest BCUT2D eigenvalue weighted by atomic mass is 9.95. The Hall–Kier alpha value is -2.60. The Morgan fingerprint density at radius 2 is 1.79 bits per heavy atom. The Balaban J connectivity index is 1.59. The van der Waals surface area contributed by atoms with Gasteiger partial charge >= 0.3 is 5.97 Å². The molecule has 146 valence electrons. The van der Waals surface area contributed by atoms with E-state index in [-0.39, 0.29) is 17.0 Å². The highest BCUT2D eigenvalue weighted by Crippen LogP contribution is 2.37. The monoisotopic (exact) mass is 397 g/mol. The molecule has 5 nitrogen and oxygen atoms in total. The molecule has 6 heteroatoms. The molecule has 2 aliphatic rings. The highest BCUT2D eigenvalue weighted by atomic mass is 32.2. The normalized spacial score (nSPS) is 22.1. The topological polar surface area (TPSA) is 63.7 Å². The molecule has 2 saturated heterocycles. The van der Waals surface area contributed by atoms with Gasteiger partial charge in [-0.05, 0) is 50.3 Å². The zero-order valence-corrected chi connectivity index (χ0v) is 16.6. The van der Waals surface area contributed by atoms with E-state index >= 15 is 0 Å². The van der Waals surface area contributed by atoms with E-state index < -0.39 is 10.0 Å². The number of nitrogens with zero attached hydrogens (tertiary/aromatic N) is 1. The van der Waals surface area contributed by atoms with Crippen molar-refractivity contribution < 1.29 is 17.9 Å². The summed E-state index contributed by atoms with van der Waals surface area (Å²) in [5.41, 5.74) is 3.31. The second kappa shape index (κ2) is 7.43. The zero-order chi connectivity index (χ0) is 19.7. The van der Waals surface area contributed by atoms with Gasteiger partial charge in [-0.3, -0.25) is 4.31 Å². The van der Waals surface area contributed by atoms with Gasteiger partial charge in [-0.1, -0.05) is 48.0 Å². The van der Waals surface area contributed by atoms with Gasteiger partial charge in [0.1, 0.15) is 6.10 Å². The van der Waals surface area contributed by atoms with Crippen LogP contribution in [0.5, 0.6) is 0 Å². The molecule has 2 heterocycles. The third-order valence-electron chi connectivity index (χ3n) is 5.32. The molecule has 0 aromatic heterocycles. The van der Waals surface area contributed by atoms with Gasteiger partial charge in [-0.15, -0.1) is 0 Å². The quantitative estimate of drug-likeness (QED) is 0.571. The number of ether oxygens (including phenoxy) is 1. The first-order valence-electron chi connectivity index (χ1n) is 9.54. The molecule has 0 bridgehead atoms. The van der Waals surface area contributed by atoms with Crippen LogP contribution < -0.4 is 0 Å². The summed E-state index contributed by atoms with van der Waals surface area (Å²) in [6, 6.07) is 16.8. The molecule has 0 amide bonds. The summed E-state index contributed by atoms with van der Waals surface area (Å²) < 4.78 is 33.0. The van der Waals surface area contributed by atoms with Gasteiger partial charge < -0.3 is 4.74 Å². The van der Waals surface area contributed by atoms with Gasteiger partial charge in [0.15, 0.2) is 0 Å². The summed E-state index contributed by atoms with van der Waals surface area (Å²) in [6.07, 6.45) is 2.39. The molecule has 2 aromatic carbocycles. The predicted octanol–water partition coefficient (Wildman–Crippen LogP) is 3.59. The molecule has 2 aromatic rings. The number of rotatable bonds is 5. The number of cyclic esters (lactones) is 1. The van der Waals surface area contributed by atoms with Crippen molar-refractivity contribution in [3.8, 4) is 0 Å². The van der Waals surface area contributed by atoms with Crippen LogP contribution in [0.4, 0.5) is 0 Å². The second-order valence-electron chi connectivity index (χ2n) is 7.27. The number of allylic oxidation sites excluding steroid dienone is 1. The van der Waals surface area contributed by atoms with Crippen LogP contribution in [0.2, 0.25) is 0 Å². The van der Waals surface area contributed by atoms with Crippen LogP contribution in [0.25, 0.3) is 0 Å². The number of carbonyl (C=O) groups excluding carboxylic acids is 1. The van der Waals surface area contributed by atoms with E-state index in [0.717, 1.165) is 12.0 Å². The average Bonchev–Trinajstić information content (AvgIpc) is 3.15. The average molecular weight is 397 g/mol. The molecule has 0 N–H and O–H groups in total. The van der Waals surface area contributed by atoms with E-state index in [9.17, 15) is 13.2 Å². The van der Waals surface area contributed by atoms with Crippen LogP contribution in [0.3, 0.4) is 0 Å². The van der Waals surface area contributed by atoms with Crippen molar-refractivity contribution in [2.75, 3.05) is 6.54 Å². The van der Waals surface area contributed by atoms with Crippen LogP contribution in [-0.2, 0) is 26.0 Å². The third kappa shape index (κ3) is 3.44. The zero-order valence-electron chi connectivity index (χ0n) is 15.8.